The Balaban J connectivity index is 1.79. The van der Waals surface area contributed by atoms with Crippen molar-refractivity contribution in [2.75, 3.05) is 25.2 Å². The lowest BCUT2D eigenvalue weighted by atomic mass is 10.2. The number of sulfone groups is 1. The number of aromatic nitrogens is 1. The minimum absolute atomic E-state index is 0.0736. The molecule has 1 aromatic heterocycles. The van der Waals surface area contributed by atoms with Crippen LogP contribution in [0.15, 0.2) is 58.4 Å². The number of ether oxygens (including phenoxy) is 1. The van der Waals surface area contributed by atoms with Gasteiger partial charge in [0, 0.05) is 24.5 Å². The Morgan fingerprint density at radius 2 is 1.97 bits per heavy atom. The average Bonchev–Trinajstić information content (AvgIpc) is 3.09. The fraction of sp³-hybridized carbons (Fsp3) is 0.364. The van der Waals surface area contributed by atoms with E-state index in [4.69, 9.17) is 4.74 Å². The lowest BCUT2D eigenvalue weighted by molar-refractivity contribution is -0.117. The molecule has 0 saturated carbocycles. The zero-order valence-electron chi connectivity index (χ0n) is 17.6. The van der Waals surface area contributed by atoms with E-state index in [-0.39, 0.29) is 17.9 Å². The summed E-state index contributed by atoms with van der Waals surface area (Å²) < 4.78 is 33.3. The van der Waals surface area contributed by atoms with Crippen LogP contribution >= 0.6 is 23.1 Å². The van der Waals surface area contributed by atoms with Crippen LogP contribution in [-0.2, 0) is 31.7 Å². The molecule has 31 heavy (non-hydrogen) atoms. The van der Waals surface area contributed by atoms with Crippen molar-refractivity contribution in [3.8, 4) is 0 Å². The maximum absolute atomic E-state index is 12.5. The van der Waals surface area contributed by atoms with Crippen LogP contribution in [0.3, 0.4) is 0 Å². The van der Waals surface area contributed by atoms with Gasteiger partial charge >= 0.3 is 0 Å². The highest BCUT2D eigenvalue weighted by molar-refractivity contribution is 7.98. The second-order valence-electron chi connectivity index (χ2n) is 6.90. The molecule has 0 atom stereocenters. The molecule has 0 radical (unpaired) electrons. The number of carbonyl (C=O) groups excluding carboxylic acids is 1. The number of nitrogens with zero attached hydrogens (tertiary/aromatic N) is 2. The Kier molecular flexibility index (Phi) is 8.48. The molecule has 0 saturated heterocycles. The van der Waals surface area contributed by atoms with Gasteiger partial charge in [-0.3, -0.25) is 4.79 Å². The van der Waals surface area contributed by atoms with E-state index in [9.17, 15) is 13.2 Å². The van der Waals surface area contributed by atoms with Gasteiger partial charge < -0.3 is 9.30 Å². The van der Waals surface area contributed by atoms with Crippen LogP contribution in [-0.4, -0.2) is 44.1 Å². The smallest absolute Gasteiger partial charge is 0.249 e. The van der Waals surface area contributed by atoms with Gasteiger partial charge in [0.2, 0.25) is 5.91 Å². The lowest BCUT2D eigenvalue weighted by Gasteiger charge is -2.06. The minimum Gasteiger partial charge on any atom is -0.380 e. The fourth-order valence-corrected chi connectivity index (χ4v) is 6.05. The largest absolute Gasteiger partial charge is 0.380 e. The van der Waals surface area contributed by atoms with Crippen LogP contribution in [0, 0.1) is 0 Å². The molecule has 1 heterocycles. The third-order valence-electron chi connectivity index (χ3n) is 4.63. The summed E-state index contributed by atoms with van der Waals surface area (Å²) in [4.78, 5) is 18.5. The first-order chi connectivity index (χ1) is 14.9. The third kappa shape index (κ3) is 6.77. The van der Waals surface area contributed by atoms with Crippen molar-refractivity contribution in [3.63, 3.8) is 0 Å². The quantitative estimate of drug-likeness (QED) is 0.326. The number of hydrogen-bond donors (Lipinski definition) is 0. The predicted molar refractivity (Wildman–Crippen MR) is 127 cm³/mol. The SMILES string of the molecule is CCOCCn1c(=NC(=O)CCS(=O)(=O)Cc2ccccc2)sc2cc(SC)ccc21. The topological polar surface area (TPSA) is 77.7 Å². The first-order valence-electron chi connectivity index (χ1n) is 9.99. The second-order valence-corrected chi connectivity index (χ2v) is 11.0. The fourth-order valence-electron chi connectivity index (χ4n) is 3.09. The lowest BCUT2D eigenvalue weighted by Crippen LogP contribution is -2.20. The highest BCUT2D eigenvalue weighted by Crippen LogP contribution is 2.24. The van der Waals surface area contributed by atoms with E-state index >= 15 is 0 Å². The molecule has 9 heteroatoms. The maximum Gasteiger partial charge on any atom is 0.249 e. The van der Waals surface area contributed by atoms with Crippen LogP contribution in [0.5, 0.6) is 0 Å². The number of hydrogen-bond acceptors (Lipinski definition) is 6. The molecule has 6 nitrogen and oxygen atoms in total. The molecular formula is C22H26N2O4S3. The highest BCUT2D eigenvalue weighted by Gasteiger charge is 2.15. The Morgan fingerprint density at radius 1 is 1.19 bits per heavy atom. The summed E-state index contributed by atoms with van der Waals surface area (Å²) in [6.07, 6.45) is 1.88. The van der Waals surface area contributed by atoms with Gasteiger partial charge in [-0.15, -0.1) is 11.8 Å². The first-order valence-corrected chi connectivity index (χ1v) is 13.8. The zero-order valence-corrected chi connectivity index (χ0v) is 20.1. The minimum atomic E-state index is -3.39. The number of rotatable bonds is 10. The van der Waals surface area contributed by atoms with Gasteiger partial charge in [-0.1, -0.05) is 41.7 Å². The highest BCUT2D eigenvalue weighted by atomic mass is 32.2. The summed E-state index contributed by atoms with van der Waals surface area (Å²) in [5, 5.41) is 0. The van der Waals surface area contributed by atoms with E-state index < -0.39 is 15.7 Å². The molecule has 0 aliphatic heterocycles. The molecule has 0 spiro atoms. The standard InChI is InChI=1S/C22H26N2O4S3/c1-3-28-13-12-24-19-10-9-18(29-2)15-20(19)30-22(24)23-21(25)11-14-31(26,27)16-17-7-5-4-6-8-17/h4-10,15H,3,11-14,16H2,1-2H3. The molecule has 166 valence electrons. The van der Waals surface area contributed by atoms with Crippen molar-refractivity contribution in [1.82, 2.24) is 4.57 Å². The summed E-state index contributed by atoms with van der Waals surface area (Å²) in [6.45, 7) is 3.64. The van der Waals surface area contributed by atoms with Crippen LogP contribution in [0.25, 0.3) is 10.2 Å². The van der Waals surface area contributed by atoms with Gasteiger partial charge in [-0.25, -0.2) is 8.42 Å². The van der Waals surface area contributed by atoms with Crippen LogP contribution in [0.4, 0.5) is 0 Å². The molecule has 0 unspecified atom stereocenters. The Morgan fingerprint density at radius 3 is 2.68 bits per heavy atom. The molecule has 0 fully saturated rings. The van der Waals surface area contributed by atoms with Gasteiger partial charge in [-0.2, -0.15) is 4.99 Å². The Hall–Kier alpha value is -1.94. The van der Waals surface area contributed by atoms with Crippen molar-refractivity contribution in [2.45, 2.75) is 30.5 Å². The predicted octanol–water partition coefficient (Wildman–Crippen LogP) is 3.89. The van der Waals surface area contributed by atoms with Gasteiger partial charge in [0.1, 0.15) is 0 Å². The van der Waals surface area contributed by atoms with Crippen molar-refractivity contribution in [1.29, 1.82) is 0 Å². The van der Waals surface area contributed by atoms with Crippen molar-refractivity contribution in [2.24, 2.45) is 4.99 Å². The zero-order chi connectivity index (χ0) is 22.3. The molecule has 0 aliphatic carbocycles. The van der Waals surface area contributed by atoms with Gasteiger partial charge in [-0.05, 0) is 36.9 Å². The maximum atomic E-state index is 12.5. The Labute approximate surface area is 190 Å². The molecule has 0 aliphatic rings. The van der Waals surface area contributed by atoms with Crippen molar-refractivity contribution in [3.05, 3.63) is 58.9 Å². The van der Waals surface area contributed by atoms with Gasteiger partial charge in [0.05, 0.1) is 28.3 Å². The van der Waals surface area contributed by atoms with E-state index in [1.54, 1.807) is 36.0 Å². The number of fused-ring (bicyclic) bond motifs is 1. The van der Waals surface area contributed by atoms with E-state index in [0.717, 1.165) is 20.7 Å². The van der Waals surface area contributed by atoms with Gasteiger partial charge in [0.25, 0.3) is 0 Å². The summed E-state index contributed by atoms with van der Waals surface area (Å²) in [5.41, 5.74) is 1.71. The molecule has 3 aromatic rings. The second kappa shape index (κ2) is 11.1. The van der Waals surface area contributed by atoms with E-state index in [2.05, 4.69) is 11.1 Å². The number of thioether (sulfide) groups is 1. The van der Waals surface area contributed by atoms with Crippen LogP contribution in [0.2, 0.25) is 0 Å². The molecule has 0 bridgehead atoms. The average molecular weight is 479 g/mol. The van der Waals surface area contributed by atoms with E-state index in [0.29, 0.717) is 24.6 Å². The van der Waals surface area contributed by atoms with Gasteiger partial charge in [0.15, 0.2) is 14.6 Å². The van der Waals surface area contributed by atoms with E-state index in [1.165, 1.54) is 11.3 Å². The number of amides is 1. The van der Waals surface area contributed by atoms with Crippen molar-refractivity contribution < 1.29 is 17.9 Å². The first kappa shape index (κ1) is 23.7. The summed E-state index contributed by atoms with van der Waals surface area (Å²) >= 11 is 3.09. The van der Waals surface area contributed by atoms with E-state index in [1.807, 2.05) is 35.9 Å². The summed E-state index contributed by atoms with van der Waals surface area (Å²) in [6, 6.07) is 15.1. The number of thiazole rings is 1. The number of benzene rings is 2. The normalized spacial score (nSPS) is 12.5. The molecule has 1 amide bonds. The van der Waals surface area contributed by atoms with Crippen LogP contribution in [0.1, 0.15) is 18.9 Å². The van der Waals surface area contributed by atoms with Crippen LogP contribution < -0.4 is 4.80 Å². The molecule has 2 aromatic carbocycles. The molecule has 3 rings (SSSR count). The third-order valence-corrected chi connectivity index (χ3v) is 8.00. The molecular weight excluding hydrogens is 452 g/mol. The number of carbonyl (C=O) groups is 1. The monoisotopic (exact) mass is 478 g/mol. The van der Waals surface area contributed by atoms with Crippen molar-refractivity contribution >= 4 is 49.1 Å². The molecule has 0 N–H and O–H groups in total. The Bertz CT molecular complexity index is 1200. The summed E-state index contributed by atoms with van der Waals surface area (Å²) in [7, 11) is -3.39. The summed E-state index contributed by atoms with van der Waals surface area (Å²) in [5.74, 6) is -0.723.